The molecular formula is C70H124O6. The molecule has 0 bridgehead atoms. The molecule has 0 N–H and O–H groups in total. The average Bonchev–Trinajstić information content (AvgIpc) is 3.42. The van der Waals surface area contributed by atoms with E-state index in [1.807, 2.05) is 0 Å². The predicted octanol–water partition coefficient (Wildman–Crippen LogP) is 22.5. The van der Waals surface area contributed by atoms with Gasteiger partial charge in [-0.25, -0.2) is 0 Å². The number of rotatable bonds is 60. The van der Waals surface area contributed by atoms with Gasteiger partial charge in [-0.2, -0.15) is 0 Å². The third-order valence-electron chi connectivity index (χ3n) is 14.4. The van der Waals surface area contributed by atoms with Gasteiger partial charge in [0.05, 0.1) is 0 Å². The summed E-state index contributed by atoms with van der Waals surface area (Å²) < 4.78 is 16.9. The first-order chi connectivity index (χ1) is 37.5. The van der Waals surface area contributed by atoms with Crippen molar-refractivity contribution in [1.82, 2.24) is 0 Å². The summed E-state index contributed by atoms with van der Waals surface area (Å²) in [7, 11) is 0. The number of unbranched alkanes of at least 4 members (excludes halogenated alkanes) is 37. The minimum Gasteiger partial charge on any atom is -0.462 e. The van der Waals surface area contributed by atoms with Crippen LogP contribution in [0.15, 0.2) is 72.9 Å². The molecule has 0 radical (unpaired) electrons. The zero-order chi connectivity index (χ0) is 55.0. The van der Waals surface area contributed by atoms with Crippen LogP contribution in [-0.2, 0) is 28.6 Å². The minimum atomic E-state index is -0.786. The van der Waals surface area contributed by atoms with Gasteiger partial charge in [0, 0.05) is 19.3 Å². The maximum absolute atomic E-state index is 12.9. The van der Waals surface area contributed by atoms with Gasteiger partial charge in [0.1, 0.15) is 13.2 Å². The molecular weight excluding hydrogens is 937 g/mol. The van der Waals surface area contributed by atoms with Crippen LogP contribution in [0.1, 0.15) is 335 Å². The van der Waals surface area contributed by atoms with Crippen LogP contribution >= 0.6 is 0 Å². The Morgan fingerprint density at radius 3 is 0.776 bits per heavy atom. The van der Waals surface area contributed by atoms with Crippen LogP contribution in [0.3, 0.4) is 0 Å². The number of esters is 3. The quantitative estimate of drug-likeness (QED) is 0.0261. The highest BCUT2D eigenvalue weighted by Crippen LogP contribution is 2.16. The van der Waals surface area contributed by atoms with Gasteiger partial charge in [0.15, 0.2) is 6.10 Å². The molecule has 440 valence electrons. The molecule has 0 spiro atoms. The lowest BCUT2D eigenvalue weighted by Gasteiger charge is -2.18. The zero-order valence-electron chi connectivity index (χ0n) is 50.5. The molecule has 0 aromatic rings. The molecule has 6 nitrogen and oxygen atoms in total. The average molecular weight is 1060 g/mol. The number of hydrogen-bond acceptors (Lipinski definition) is 6. The molecule has 0 aromatic heterocycles. The third-order valence-corrected chi connectivity index (χ3v) is 14.4. The highest BCUT2D eigenvalue weighted by molar-refractivity contribution is 5.71. The minimum absolute atomic E-state index is 0.0823. The van der Waals surface area contributed by atoms with Gasteiger partial charge in [-0.3, -0.25) is 14.4 Å². The van der Waals surface area contributed by atoms with Gasteiger partial charge in [0.2, 0.25) is 0 Å². The molecule has 0 aliphatic carbocycles. The van der Waals surface area contributed by atoms with E-state index in [0.29, 0.717) is 19.3 Å². The van der Waals surface area contributed by atoms with E-state index >= 15 is 0 Å². The molecule has 0 fully saturated rings. The molecule has 1 unspecified atom stereocenters. The summed E-state index contributed by atoms with van der Waals surface area (Å²) in [5.74, 6) is -0.886. The van der Waals surface area contributed by atoms with E-state index in [-0.39, 0.29) is 31.1 Å². The van der Waals surface area contributed by atoms with E-state index in [2.05, 4.69) is 93.7 Å². The number of allylic oxidation sites excluding steroid dienone is 12. The van der Waals surface area contributed by atoms with Gasteiger partial charge in [-0.1, -0.05) is 273 Å². The zero-order valence-corrected chi connectivity index (χ0v) is 50.5. The molecule has 0 heterocycles. The van der Waals surface area contributed by atoms with Crippen molar-refractivity contribution in [3.8, 4) is 0 Å². The fourth-order valence-corrected chi connectivity index (χ4v) is 9.42. The Bertz CT molecular complexity index is 1400. The first-order valence-electron chi connectivity index (χ1n) is 32.9. The van der Waals surface area contributed by atoms with Crippen molar-refractivity contribution >= 4 is 17.9 Å². The van der Waals surface area contributed by atoms with E-state index in [1.165, 1.54) is 205 Å². The molecule has 0 aliphatic heterocycles. The lowest BCUT2D eigenvalue weighted by molar-refractivity contribution is -0.167. The predicted molar refractivity (Wildman–Crippen MR) is 330 cm³/mol. The second kappa shape index (κ2) is 64.4. The fraction of sp³-hybridized carbons (Fsp3) is 0.786. The molecule has 0 aromatic carbocycles. The van der Waals surface area contributed by atoms with Crippen molar-refractivity contribution in [2.75, 3.05) is 13.2 Å². The molecule has 0 amide bonds. The number of carbonyl (C=O) groups excluding carboxylic acids is 3. The van der Waals surface area contributed by atoms with Gasteiger partial charge in [-0.15, -0.1) is 0 Å². The fourth-order valence-electron chi connectivity index (χ4n) is 9.42. The summed E-state index contributed by atoms with van der Waals surface area (Å²) >= 11 is 0. The third kappa shape index (κ3) is 61.7. The smallest absolute Gasteiger partial charge is 0.306 e. The van der Waals surface area contributed by atoms with E-state index in [9.17, 15) is 14.4 Å². The van der Waals surface area contributed by atoms with Crippen LogP contribution < -0.4 is 0 Å². The largest absolute Gasteiger partial charge is 0.462 e. The van der Waals surface area contributed by atoms with Crippen LogP contribution in [0.5, 0.6) is 0 Å². The van der Waals surface area contributed by atoms with E-state index < -0.39 is 6.10 Å². The van der Waals surface area contributed by atoms with Crippen molar-refractivity contribution in [3.05, 3.63) is 72.9 Å². The second-order valence-corrected chi connectivity index (χ2v) is 22.0. The standard InChI is InChI=1S/C70H124O6/c1-4-7-10-13-16-19-22-25-28-31-33-34-35-36-38-39-42-45-48-51-54-57-60-63-69(72)75-66-67(65-74-68(71)62-59-56-53-50-47-44-41-30-27-24-21-18-15-12-9-6-3)76-70(73)64-61-58-55-52-49-46-43-40-37-32-29-26-23-20-17-14-11-8-5-2/h17,20,22,25-26,29-31,33,35-36,41,67H,4-16,18-19,21,23-24,27-28,32,34,37-40,42-66H2,1-3H3/b20-17-,25-22-,29-26-,33-31-,36-35-,41-30-. The normalized spacial score (nSPS) is 12.5. The van der Waals surface area contributed by atoms with Crippen LogP contribution in [0.2, 0.25) is 0 Å². The highest BCUT2D eigenvalue weighted by atomic mass is 16.6. The summed E-state index contributed by atoms with van der Waals surface area (Å²) in [6.45, 7) is 6.62. The maximum atomic E-state index is 12.9. The molecule has 6 heteroatoms. The Hall–Kier alpha value is -3.15. The Kier molecular flexibility index (Phi) is 61.7. The van der Waals surface area contributed by atoms with Crippen molar-refractivity contribution in [2.24, 2.45) is 0 Å². The Morgan fingerprint density at radius 1 is 0.263 bits per heavy atom. The lowest BCUT2D eigenvalue weighted by Crippen LogP contribution is -2.30. The van der Waals surface area contributed by atoms with Crippen molar-refractivity contribution < 1.29 is 28.6 Å². The Labute approximate surface area is 472 Å². The molecule has 0 saturated heterocycles. The number of ether oxygens (including phenoxy) is 3. The number of hydrogen-bond donors (Lipinski definition) is 0. The SMILES string of the molecule is CCCCC/C=C\C/C=C\CCCCCCCCCCCC(=O)OC(COC(=O)CCCCCCC/C=C\CCCCCCCCC)COC(=O)CCCCCCCCCC/C=C\C/C=C\C/C=C\CCCCCCC. The van der Waals surface area contributed by atoms with E-state index in [4.69, 9.17) is 14.2 Å². The maximum Gasteiger partial charge on any atom is 0.306 e. The topological polar surface area (TPSA) is 78.9 Å². The van der Waals surface area contributed by atoms with Crippen molar-refractivity contribution in [2.45, 2.75) is 341 Å². The summed E-state index contributed by atoms with van der Waals surface area (Å²) in [5.41, 5.74) is 0. The van der Waals surface area contributed by atoms with Crippen molar-refractivity contribution in [1.29, 1.82) is 0 Å². The van der Waals surface area contributed by atoms with E-state index in [1.54, 1.807) is 0 Å². The molecule has 0 rings (SSSR count). The summed E-state index contributed by atoms with van der Waals surface area (Å²) in [4.78, 5) is 38.4. The first kappa shape index (κ1) is 72.8. The van der Waals surface area contributed by atoms with Crippen LogP contribution in [0.4, 0.5) is 0 Å². The molecule has 0 saturated carbocycles. The highest BCUT2D eigenvalue weighted by Gasteiger charge is 2.19. The number of carbonyl (C=O) groups is 3. The van der Waals surface area contributed by atoms with Gasteiger partial charge in [-0.05, 0) is 116 Å². The van der Waals surface area contributed by atoms with Crippen LogP contribution in [0, 0.1) is 0 Å². The monoisotopic (exact) mass is 1060 g/mol. The summed E-state index contributed by atoms with van der Waals surface area (Å²) in [6.07, 6.45) is 83.3. The van der Waals surface area contributed by atoms with Crippen molar-refractivity contribution in [3.63, 3.8) is 0 Å². The van der Waals surface area contributed by atoms with E-state index in [0.717, 1.165) is 89.9 Å². The molecule has 76 heavy (non-hydrogen) atoms. The lowest BCUT2D eigenvalue weighted by atomic mass is 10.1. The molecule has 1 atom stereocenters. The van der Waals surface area contributed by atoms with Crippen LogP contribution in [-0.4, -0.2) is 37.2 Å². The first-order valence-corrected chi connectivity index (χ1v) is 32.9. The van der Waals surface area contributed by atoms with Gasteiger partial charge < -0.3 is 14.2 Å². The van der Waals surface area contributed by atoms with Gasteiger partial charge in [0.25, 0.3) is 0 Å². The second-order valence-electron chi connectivity index (χ2n) is 22.0. The Balaban J connectivity index is 4.38. The molecule has 0 aliphatic rings. The van der Waals surface area contributed by atoms with Gasteiger partial charge >= 0.3 is 17.9 Å². The summed E-state index contributed by atoms with van der Waals surface area (Å²) in [6, 6.07) is 0. The summed E-state index contributed by atoms with van der Waals surface area (Å²) in [5, 5.41) is 0. The Morgan fingerprint density at radius 2 is 0.474 bits per heavy atom. The van der Waals surface area contributed by atoms with Crippen LogP contribution in [0.25, 0.3) is 0 Å².